The summed E-state index contributed by atoms with van der Waals surface area (Å²) in [7, 11) is 0. The predicted octanol–water partition coefficient (Wildman–Crippen LogP) is 4.57. The number of hydrogen-bond donors (Lipinski definition) is 2. The number of hydrogen-bond acceptors (Lipinski definition) is 4. The van der Waals surface area contributed by atoms with Gasteiger partial charge in [0.1, 0.15) is 5.01 Å². The number of aliphatic hydroxyl groups excluding tert-OH is 1. The zero-order valence-electron chi connectivity index (χ0n) is 14.8. The van der Waals surface area contributed by atoms with Crippen molar-refractivity contribution in [1.82, 2.24) is 10.3 Å². The summed E-state index contributed by atoms with van der Waals surface area (Å²) in [5.41, 5.74) is 2.35. The Balaban J connectivity index is 2.06. The second-order valence-corrected chi connectivity index (χ2v) is 8.19. The van der Waals surface area contributed by atoms with Crippen LogP contribution in [0.5, 0.6) is 0 Å². The molecule has 2 aromatic rings. The molecule has 0 aliphatic carbocycles. The molecule has 126 valence electrons. The van der Waals surface area contributed by atoms with Gasteiger partial charge in [-0.05, 0) is 32.6 Å². The molecule has 2 N–H and O–H groups in total. The van der Waals surface area contributed by atoms with E-state index in [1.165, 1.54) is 10.4 Å². The molecule has 2 unspecified atom stereocenters. The van der Waals surface area contributed by atoms with Crippen LogP contribution in [0.25, 0.3) is 10.6 Å². The second-order valence-electron chi connectivity index (χ2n) is 7.15. The minimum Gasteiger partial charge on any atom is -0.393 e. The lowest BCUT2D eigenvalue weighted by molar-refractivity contribution is 0.127. The third-order valence-electron chi connectivity index (χ3n) is 3.98. The molecule has 1 heterocycles. The molecule has 0 spiro atoms. The lowest BCUT2D eigenvalue weighted by atomic mass is 9.87. The van der Waals surface area contributed by atoms with Gasteiger partial charge < -0.3 is 10.4 Å². The van der Waals surface area contributed by atoms with Gasteiger partial charge in [0, 0.05) is 23.0 Å². The maximum Gasteiger partial charge on any atom is 0.123 e. The van der Waals surface area contributed by atoms with Crippen molar-refractivity contribution in [3.8, 4) is 10.6 Å². The van der Waals surface area contributed by atoms with Crippen LogP contribution < -0.4 is 5.32 Å². The van der Waals surface area contributed by atoms with Crippen LogP contribution in [-0.2, 0) is 0 Å². The van der Waals surface area contributed by atoms with Crippen molar-refractivity contribution >= 4 is 11.3 Å². The second kappa shape index (κ2) is 7.56. The summed E-state index contributed by atoms with van der Waals surface area (Å²) in [6.07, 6.45) is 0.529. The van der Waals surface area contributed by atoms with Crippen LogP contribution in [-0.4, -0.2) is 22.7 Å². The molecule has 0 bridgehead atoms. The molecule has 1 aromatic heterocycles. The van der Waals surface area contributed by atoms with Crippen molar-refractivity contribution in [3.63, 3.8) is 0 Å². The zero-order chi connectivity index (χ0) is 17.0. The summed E-state index contributed by atoms with van der Waals surface area (Å²) in [6, 6.07) is 10.6. The first-order chi connectivity index (χ1) is 10.8. The fourth-order valence-corrected chi connectivity index (χ4v) is 4.01. The maximum absolute atomic E-state index is 9.61. The van der Waals surface area contributed by atoms with E-state index in [4.69, 9.17) is 4.98 Å². The van der Waals surface area contributed by atoms with Crippen molar-refractivity contribution in [2.75, 3.05) is 6.54 Å². The minimum atomic E-state index is -0.267. The largest absolute Gasteiger partial charge is 0.393 e. The van der Waals surface area contributed by atoms with Gasteiger partial charge in [0.2, 0.25) is 0 Å². The van der Waals surface area contributed by atoms with Crippen molar-refractivity contribution in [2.24, 2.45) is 5.41 Å². The van der Waals surface area contributed by atoms with E-state index in [0.29, 0.717) is 0 Å². The first kappa shape index (κ1) is 18.1. The van der Waals surface area contributed by atoms with E-state index in [1.54, 1.807) is 11.3 Å². The van der Waals surface area contributed by atoms with E-state index >= 15 is 0 Å². The number of rotatable bonds is 7. The van der Waals surface area contributed by atoms with Gasteiger partial charge in [-0.25, -0.2) is 4.98 Å². The van der Waals surface area contributed by atoms with E-state index in [1.807, 2.05) is 25.1 Å². The lowest BCUT2D eigenvalue weighted by Gasteiger charge is -2.28. The molecule has 0 amide bonds. The smallest absolute Gasteiger partial charge is 0.123 e. The van der Waals surface area contributed by atoms with Crippen LogP contribution in [0.1, 0.15) is 50.7 Å². The number of nitrogens with one attached hydrogen (secondary N) is 1. The number of thiazole rings is 1. The summed E-state index contributed by atoms with van der Waals surface area (Å²) in [6.45, 7) is 11.4. The van der Waals surface area contributed by atoms with Crippen molar-refractivity contribution < 1.29 is 5.11 Å². The Bertz CT molecular complexity index is 620. The molecule has 2 atom stereocenters. The number of benzene rings is 1. The Labute approximate surface area is 143 Å². The highest BCUT2D eigenvalue weighted by Crippen LogP contribution is 2.32. The standard InChI is InChI=1S/C19H28N2OS/c1-13(22)11-19(4,5)12-20-14(2)17-15(3)21-18(23-17)16-9-7-6-8-10-16/h6-10,13-14,20,22H,11-12H2,1-5H3. The first-order valence-corrected chi connectivity index (χ1v) is 9.04. The summed E-state index contributed by atoms with van der Waals surface area (Å²) >= 11 is 1.76. The number of aryl methyl sites for hydroxylation is 1. The molecular weight excluding hydrogens is 304 g/mol. The zero-order valence-corrected chi connectivity index (χ0v) is 15.6. The van der Waals surface area contributed by atoms with Gasteiger partial charge in [0.15, 0.2) is 0 Å². The molecule has 3 nitrogen and oxygen atoms in total. The van der Waals surface area contributed by atoms with Gasteiger partial charge in [0.25, 0.3) is 0 Å². The third kappa shape index (κ3) is 5.13. The van der Waals surface area contributed by atoms with Gasteiger partial charge in [-0.1, -0.05) is 44.2 Å². The quantitative estimate of drug-likeness (QED) is 0.781. The van der Waals surface area contributed by atoms with Gasteiger partial charge in [-0.2, -0.15) is 0 Å². The third-order valence-corrected chi connectivity index (χ3v) is 5.37. The average Bonchev–Trinajstić information content (AvgIpc) is 2.87. The Morgan fingerprint density at radius 1 is 1.22 bits per heavy atom. The number of aliphatic hydroxyl groups is 1. The molecule has 0 saturated heterocycles. The summed E-state index contributed by atoms with van der Waals surface area (Å²) in [5, 5.41) is 14.3. The lowest BCUT2D eigenvalue weighted by Crippen LogP contribution is -2.33. The van der Waals surface area contributed by atoms with Crippen LogP contribution in [0.3, 0.4) is 0 Å². The van der Waals surface area contributed by atoms with Crippen LogP contribution in [0.4, 0.5) is 0 Å². The highest BCUT2D eigenvalue weighted by atomic mass is 32.1. The van der Waals surface area contributed by atoms with Gasteiger partial charge in [0.05, 0.1) is 11.8 Å². The summed E-state index contributed by atoms with van der Waals surface area (Å²) in [4.78, 5) is 6.02. The van der Waals surface area contributed by atoms with E-state index < -0.39 is 0 Å². The molecule has 0 radical (unpaired) electrons. The van der Waals surface area contributed by atoms with Crippen molar-refractivity contribution in [3.05, 3.63) is 40.9 Å². The molecule has 0 aliphatic rings. The molecule has 1 aromatic carbocycles. The van der Waals surface area contributed by atoms with Crippen LogP contribution in [0.15, 0.2) is 30.3 Å². The monoisotopic (exact) mass is 332 g/mol. The van der Waals surface area contributed by atoms with E-state index in [9.17, 15) is 5.11 Å². The Morgan fingerprint density at radius 3 is 2.48 bits per heavy atom. The van der Waals surface area contributed by atoms with Gasteiger partial charge in [-0.3, -0.25) is 0 Å². The van der Waals surface area contributed by atoms with Crippen molar-refractivity contribution in [2.45, 2.75) is 53.2 Å². The topological polar surface area (TPSA) is 45.2 Å². The maximum atomic E-state index is 9.61. The highest BCUT2D eigenvalue weighted by Gasteiger charge is 2.22. The SMILES string of the molecule is Cc1nc(-c2ccccc2)sc1C(C)NCC(C)(C)CC(C)O. The first-order valence-electron chi connectivity index (χ1n) is 8.23. The predicted molar refractivity (Wildman–Crippen MR) is 98.8 cm³/mol. The normalized spacial score (nSPS) is 14.7. The summed E-state index contributed by atoms with van der Waals surface area (Å²) < 4.78 is 0. The van der Waals surface area contributed by atoms with E-state index in [0.717, 1.165) is 23.7 Å². The van der Waals surface area contributed by atoms with E-state index in [-0.39, 0.29) is 17.6 Å². The molecule has 0 saturated carbocycles. The van der Waals surface area contributed by atoms with Crippen LogP contribution in [0, 0.1) is 12.3 Å². The Morgan fingerprint density at radius 2 is 1.87 bits per heavy atom. The molecule has 0 fully saturated rings. The number of nitrogens with zero attached hydrogens (tertiary/aromatic N) is 1. The van der Waals surface area contributed by atoms with Crippen LogP contribution in [0.2, 0.25) is 0 Å². The molecular formula is C19H28N2OS. The Kier molecular flexibility index (Phi) is 5.95. The number of aromatic nitrogens is 1. The van der Waals surface area contributed by atoms with Crippen LogP contribution >= 0.6 is 11.3 Å². The van der Waals surface area contributed by atoms with Crippen molar-refractivity contribution in [1.29, 1.82) is 0 Å². The summed E-state index contributed by atoms with van der Waals surface area (Å²) in [5.74, 6) is 0. The van der Waals surface area contributed by atoms with Gasteiger partial charge in [-0.15, -0.1) is 11.3 Å². The average molecular weight is 333 g/mol. The van der Waals surface area contributed by atoms with Gasteiger partial charge >= 0.3 is 0 Å². The van der Waals surface area contributed by atoms with E-state index in [2.05, 4.69) is 45.1 Å². The molecule has 23 heavy (non-hydrogen) atoms. The fraction of sp³-hybridized carbons (Fsp3) is 0.526. The molecule has 2 rings (SSSR count). The molecule has 4 heteroatoms. The Hall–Kier alpha value is -1.23. The molecule has 0 aliphatic heterocycles. The minimum absolute atomic E-state index is 0.0727. The highest BCUT2D eigenvalue weighted by molar-refractivity contribution is 7.15. The fourth-order valence-electron chi connectivity index (χ4n) is 2.91.